The summed E-state index contributed by atoms with van der Waals surface area (Å²) in [5, 5.41) is 12.4. The van der Waals surface area contributed by atoms with Crippen LogP contribution in [0, 0.1) is 6.92 Å². The minimum atomic E-state index is -0.401. The molecule has 8 heteroatoms. The SMILES string of the molecule is Cc1cc(C(=O)N2CCO[C@H](c3nnc(C(C)C)o3)C2)ccc1-n1cccn1. The van der Waals surface area contributed by atoms with E-state index in [4.69, 9.17) is 9.15 Å². The zero-order valence-corrected chi connectivity index (χ0v) is 16.2. The Kier molecular flexibility index (Phi) is 4.95. The summed E-state index contributed by atoms with van der Waals surface area (Å²) in [4.78, 5) is 14.8. The lowest BCUT2D eigenvalue weighted by Gasteiger charge is -2.31. The summed E-state index contributed by atoms with van der Waals surface area (Å²) in [6, 6.07) is 7.52. The lowest BCUT2D eigenvalue weighted by molar-refractivity contribution is -0.0351. The van der Waals surface area contributed by atoms with Crippen LogP contribution in [0.3, 0.4) is 0 Å². The molecule has 0 radical (unpaired) electrons. The number of benzene rings is 1. The molecule has 0 N–H and O–H groups in total. The first-order chi connectivity index (χ1) is 13.5. The lowest BCUT2D eigenvalue weighted by Crippen LogP contribution is -2.42. The third kappa shape index (κ3) is 3.55. The van der Waals surface area contributed by atoms with Gasteiger partial charge in [0.05, 0.1) is 18.8 Å². The van der Waals surface area contributed by atoms with Crippen LogP contribution >= 0.6 is 0 Å². The molecular formula is C20H23N5O3. The van der Waals surface area contributed by atoms with Gasteiger partial charge >= 0.3 is 0 Å². The van der Waals surface area contributed by atoms with Gasteiger partial charge in [-0.15, -0.1) is 10.2 Å². The van der Waals surface area contributed by atoms with Crippen LogP contribution in [0.1, 0.15) is 53.6 Å². The number of carbonyl (C=O) groups is 1. The quantitative estimate of drug-likeness (QED) is 0.691. The smallest absolute Gasteiger partial charge is 0.254 e. The van der Waals surface area contributed by atoms with Gasteiger partial charge in [0.25, 0.3) is 5.91 Å². The number of carbonyl (C=O) groups excluding carboxylic acids is 1. The van der Waals surface area contributed by atoms with Gasteiger partial charge in [-0.25, -0.2) is 4.68 Å². The van der Waals surface area contributed by atoms with Crippen molar-refractivity contribution < 1.29 is 13.9 Å². The van der Waals surface area contributed by atoms with Crippen molar-refractivity contribution in [1.29, 1.82) is 0 Å². The van der Waals surface area contributed by atoms with Gasteiger partial charge in [0, 0.05) is 30.4 Å². The second kappa shape index (κ2) is 7.55. The molecule has 1 atom stereocenters. The van der Waals surface area contributed by atoms with Crippen molar-refractivity contribution in [1.82, 2.24) is 24.9 Å². The van der Waals surface area contributed by atoms with E-state index in [1.165, 1.54) is 0 Å². The summed E-state index contributed by atoms with van der Waals surface area (Å²) < 4.78 is 13.3. The molecule has 8 nitrogen and oxygen atoms in total. The third-order valence-corrected chi connectivity index (χ3v) is 4.77. The van der Waals surface area contributed by atoms with Crippen molar-refractivity contribution in [3.05, 3.63) is 59.6 Å². The van der Waals surface area contributed by atoms with E-state index in [0.717, 1.165) is 11.3 Å². The van der Waals surface area contributed by atoms with Crippen LogP contribution < -0.4 is 0 Å². The van der Waals surface area contributed by atoms with Gasteiger partial charge in [-0.2, -0.15) is 5.10 Å². The van der Waals surface area contributed by atoms with E-state index in [1.54, 1.807) is 15.8 Å². The molecule has 146 valence electrons. The van der Waals surface area contributed by atoms with Crippen molar-refractivity contribution in [2.75, 3.05) is 19.7 Å². The number of amides is 1. The first-order valence-corrected chi connectivity index (χ1v) is 9.38. The van der Waals surface area contributed by atoms with Crippen molar-refractivity contribution >= 4 is 5.91 Å². The van der Waals surface area contributed by atoms with Crippen LogP contribution in [0.25, 0.3) is 5.69 Å². The predicted octanol–water partition coefficient (Wildman–Crippen LogP) is 2.90. The Bertz CT molecular complexity index is 964. The Labute approximate surface area is 163 Å². The highest BCUT2D eigenvalue weighted by Crippen LogP contribution is 2.25. The van der Waals surface area contributed by atoms with Crippen LogP contribution in [0.4, 0.5) is 0 Å². The number of ether oxygens (including phenoxy) is 1. The normalized spacial score (nSPS) is 17.3. The molecule has 1 amide bonds. The average molecular weight is 381 g/mol. The summed E-state index contributed by atoms with van der Waals surface area (Å²) in [6.07, 6.45) is 3.21. The van der Waals surface area contributed by atoms with E-state index in [0.29, 0.717) is 37.0 Å². The zero-order valence-electron chi connectivity index (χ0n) is 16.2. The molecule has 0 aliphatic carbocycles. The maximum Gasteiger partial charge on any atom is 0.254 e. The Morgan fingerprint density at radius 1 is 1.29 bits per heavy atom. The molecule has 0 unspecified atom stereocenters. The Balaban J connectivity index is 1.50. The molecule has 28 heavy (non-hydrogen) atoms. The van der Waals surface area contributed by atoms with E-state index in [-0.39, 0.29) is 11.8 Å². The van der Waals surface area contributed by atoms with Gasteiger partial charge in [0.15, 0.2) is 6.10 Å². The van der Waals surface area contributed by atoms with E-state index in [1.807, 2.05) is 51.2 Å². The predicted molar refractivity (Wildman–Crippen MR) is 101 cm³/mol. The maximum atomic E-state index is 13.0. The van der Waals surface area contributed by atoms with Crippen LogP contribution in [0.5, 0.6) is 0 Å². The highest BCUT2D eigenvalue weighted by atomic mass is 16.5. The zero-order chi connectivity index (χ0) is 19.7. The molecule has 0 spiro atoms. The highest BCUT2D eigenvalue weighted by Gasteiger charge is 2.30. The molecular weight excluding hydrogens is 358 g/mol. The van der Waals surface area contributed by atoms with Crippen molar-refractivity contribution in [2.24, 2.45) is 0 Å². The largest absolute Gasteiger partial charge is 0.422 e. The third-order valence-electron chi connectivity index (χ3n) is 4.77. The topological polar surface area (TPSA) is 86.3 Å². The van der Waals surface area contributed by atoms with Gasteiger partial charge in [-0.05, 0) is 36.8 Å². The Hall–Kier alpha value is -3.00. The summed E-state index contributed by atoms with van der Waals surface area (Å²) >= 11 is 0. The fourth-order valence-electron chi connectivity index (χ4n) is 3.23. The molecule has 2 aromatic heterocycles. The van der Waals surface area contributed by atoms with E-state index in [9.17, 15) is 4.79 Å². The molecule has 0 saturated carbocycles. The fourth-order valence-corrected chi connectivity index (χ4v) is 3.23. The number of morpholine rings is 1. The van der Waals surface area contributed by atoms with E-state index in [2.05, 4.69) is 15.3 Å². The summed E-state index contributed by atoms with van der Waals surface area (Å²) in [7, 11) is 0. The summed E-state index contributed by atoms with van der Waals surface area (Å²) in [6.45, 7) is 7.30. The summed E-state index contributed by atoms with van der Waals surface area (Å²) in [5.74, 6) is 1.11. The second-order valence-corrected chi connectivity index (χ2v) is 7.20. The van der Waals surface area contributed by atoms with E-state index >= 15 is 0 Å². The number of aromatic nitrogens is 4. The minimum Gasteiger partial charge on any atom is -0.422 e. The maximum absolute atomic E-state index is 13.0. The number of rotatable bonds is 4. The molecule has 1 saturated heterocycles. The minimum absolute atomic E-state index is 0.0352. The van der Waals surface area contributed by atoms with Gasteiger partial charge in [0.2, 0.25) is 11.8 Å². The number of nitrogens with zero attached hydrogens (tertiary/aromatic N) is 5. The van der Waals surface area contributed by atoms with Gasteiger partial charge < -0.3 is 14.1 Å². The Morgan fingerprint density at radius 2 is 2.14 bits per heavy atom. The van der Waals surface area contributed by atoms with Gasteiger partial charge in [-0.1, -0.05) is 13.8 Å². The molecule has 4 rings (SSSR count). The van der Waals surface area contributed by atoms with E-state index < -0.39 is 6.10 Å². The monoisotopic (exact) mass is 381 g/mol. The van der Waals surface area contributed by atoms with Gasteiger partial charge in [-0.3, -0.25) is 4.79 Å². The fraction of sp³-hybridized carbons (Fsp3) is 0.400. The Morgan fingerprint density at radius 3 is 2.82 bits per heavy atom. The van der Waals surface area contributed by atoms with Crippen molar-refractivity contribution in [3.8, 4) is 5.69 Å². The van der Waals surface area contributed by atoms with Crippen LogP contribution in [-0.4, -0.2) is 50.5 Å². The first-order valence-electron chi connectivity index (χ1n) is 9.38. The van der Waals surface area contributed by atoms with Crippen LogP contribution in [0.15, 0.2) is 41.1 Å². The number of hydrogen-bond acceptors (Lipinski definition) is 6. The first kappa shape index (κ1) is 18.4. The molecule has 1 aromatic carbocycles. The molecule has 1 fully saturated rings. The van der Waals surface area contributed by atoms with Crippen molar-refractivity contribution in [2.45, 2.75) is 32.8 Å². The highest BCUT2D eigenvalue weighted by molar-refractivity contribution is 5.94. The summed E-state index contributed by atoms with van der Waals surface area (Å²) in [5.41, 5.74) is 2.58. The average Bonchev–Trinajstić information content (AvgIpc) is 3.39. The molecule has 1 aliphatic rings. The molecule has 0 bridgehead atoms. The van der Waals surface area contributed by atoms with Crippen LogP contribution in [0.2, 0.25) is 0 Å². The standard InChI is InChI=1S/C20H23N5O3/c1-13(2)18-22-23-19(28-18)17-12-24(9-10-27-17)20(26)15-5-6-16(14(3)11-15)25-8-4-7-21-25/h4-8,11,13,17H,9-10,12H2,1-3H3/t17-/m0/s1. The molecule has 3 heterocycles. The molecule has 3 aromatic rings. The van der Waals surface area contributed by atoms with Crippen LogP contribution in [-0.2, 0) is 4.74 Å². The number of aryl methyl sites for hydroxylation is 1. The molecule has 1 aliphatic heterocycles. The van der Waals surface area contributed by atoms with Crippen molar-refractivity contribution in [3.63, 3.8) is 0 Å². The second-order valence-electron chi connectivity index (χ2n) is 7.20. The number of hydrogen-bond donors (Lipinski definition) is 0. The lowest BCUT2D eigenvalue weighted by atomic mass is 10.1. The van der Waals surface area contributed by atoms with Gasteiger partial charge in [0.1, 0.15) is 0 Å².